The second-order valence-electron chi connectivity index (χ2n) is 4.05. The lowest BCUT2D eigenvalue weighted by Crippen LogP contribution is -2.37. The number of likely N-dealkylation sites (N-methyl/N-ethyl adjacent to an activating group) is 2. The quantitative estimate of drug-likeness (QED) is 0.583. The van der Waals surface area contributed by atoms with Crippen molar-refractivity contribution < 1.29 is 18.0 Å². The van der Waals surface area contributed by atoms with Crippen molar-refractivity contribution in [3.63, 3.8) is 0 Å². The summed E-state index contributed by atoms with van der Waals surface area (Å²) >= 11 is 0. The lowest BCUT2D eigenvalue weighted by Gasteiger charge is -2.17. The maximum atomic E-state index is 12.2. The first-order valence-electron chi connectivity index (χ1n) is 5.56. The van der Waals surface area contributed by atoms with Gasteiger partial charge >= 0.3 is 0 Å². The Bertz CT molecular complexity index is 642. The van der Waals surface area contributed by atoms with Crippen LogP contribution in [-0.4, -0.2) is 45.2 Å². The third-order valence-electron chi connectivity index (χ3n) is 2.63. The summed E-state index contributed by atoms with van der Waals surface area (Å²) in [6.07, 6.45) is 0. The van der Waals surface area contributed by atoms with E-state index in [2.05, 4.69) is 5.32 Å². The molecule has 8 nitrogen and oxygen atoms in total. The summed E-state index contributed by atoms with van der Waals surface area (Å²) in [5.41, 5.74) is 10.7. The van der Waals surface area contributed by atoms with Crippen LogP contribution in [0.25, 0.3) is 0 Å². The van der Waals surface area contributed by atoms with Gasteiger partial charge in [0, 0.05) is 19.7 Å². The molecule has 2 amide bonds. The molecule has 0 saturated heterocycles. The van der Waals surface area contributed by atoms with Gasteiger partial charge in [-0.25, -0.2) is 8.42 Å². The molecule has 0 saturated carbocycles. The second-order valence-corrected chi connectivity index (χ2v) is 6.06. The van der Waals surface area contributed by atoms with Gasteiger partial charge in [-0.15, -0.1) is 0 Å². The van der Waals surface area contributed by atoms with E-state index in [-0.39, 0.29) is 22.7 Å². The fourth-order valence-electron chi connectivity index (χ4n) is 1.47. The average Bonchev–Trinajstić information content (AvgIpc) is 2.37. The first kappa shape index (κ1) is 15.9. The van der Waals surface area contributed by atoms with Crippen LogP contribution in [0, 0.1) is 0 Å². The molecule has 0 spiro atoms. The third kappa shape index (κ3) is 3.25. The van der Waals surface area contributed by atoms with Crippen molar-refractivity contribution in [3.8, 4) is 0 Å². The van der Waals surface area contributed by atoms with Crippen LogP contribution in [0.5, 0.6) is 0 Å². The normalized spacial score (nSPS) is 11.3. The number of benzene rings is 1. The van der Waals surface area contributed by atoms with E-state index in [0.717, 1.165) is 4.31 Å². The summed E-state index contributed by atoms with van der Waals surface area (Å²) in [5, 5.41) is 2.32. The number of rotatable bonds is 5. The lowest BCUT2D eigenvalue weighted by atomic mass is 10.2. The lowest BCUT2D eigenvalue weighted by molar-refractivity contribution is -0.120. The number of carbonyl (C=O) groups is 2. The van der Waals surface area contributed by atoms with Crippen LogP contribution in [0.4, 0.5) is 5.69 Å². The SMILES string of the molecule is CNC(=O)CN(C)S(=O)(=O)c1ccc(C(N)=O)cc1N. The van der Waals surface area contributed by atoms with Gasteiger partial charge in [-0.2, -0.15) is 4.31 Å². The van der Waals surface area contributed by atoms with Crippen LogP contribution in [0.3, 0.4) is 0 Å². The number of carbonyl (C=O) groups excluding carboxylic acids is 2. The highest BCUT2D eigenvalue weighted by Gasteiger charge is 2.25. The van der Waals surface area contributed by atoms with Crippen molar-refractivity contribution in [2.24, 2.45) is 5.73 Å². The fourth-order valence-corrected chi connectivity index (χ4v) is 2.69. The third-order valence-corrected chi connectivity index (χ3v) is 4.50. The minimum Gasteiger partial charge on any atom is -0.398 e. The van der Waals surface area contributed by atoms with Crippen LogP contribution < -0.4 is 16.8 Å². The Morgan fingerprint density at radius 3 is 2.40 bits per heavy atom. The predicted octanol–water partition coefficient (Wildman–Crippen LogP) is -1.27. The summed E-state index contributed by atoms with van der Waals surface area (Å²) in [7, 11) is -1.26. The molecule has 0 heterocycles. The number of nitrogens with two attached hydrogens (primary N) is 2. The Kier molecular flexibility index (Phi) is 4.69. The summed E-state index contributed by atoms with van der Waals surface area (Å²) in [6.45, 7) is -0.337. The minimum atomic E-state index is -3.92. The van der Waals surface area contributed by atoms with E-state index in [1.54, 1.807) is 0 Å². The molecule has 0 aliphatic carbocycles. The summed E-state index contributed by atoms with van der Waals surface area (Å²) in [5.74, 6) is -1.16. The molecule has 20 heavy (non-hydrogen) atoms. The smallest absolute Gasteiger partial charge is 0.248 e. The summed E-state index contributed by atoms with van der Waals surface area (Å²) < 4.78 is 25.3. The first-order chi connectivity index (χ1) is 9.20. The zero-order valence-electron chi connectivity index (χ0n) is 11.1. The molecule has 110 valence electrons. The largest absolute Gasteiger partial charge is 0.398 e. The number of hydrogen-bond acceptors (Lipinski definition) is 5. The molecular weight excluding hydrogens is 284 g/mol. The van der Waals surface area contributed by atoms with Crippen LogP contribution >= 0.6 is 0 Å². The number of anilines is 1. The molecule has 0 bridgehead atoms. The van der Waals surface area contributed by atoms with E-state index >= 15 is 0 Å². The van der Waals surface area contributed by atoms with Gasteiger partial charge in [0.1, 0.15) is 4.90 Å². The molecule has 0 aromatic heterocycles. The molecule has 0 fully saturated rings. The Balaban J connectivity index is 3.16. The van der Waals surface area contributed by atoms with Gasteiger partial charge < -0.3 is 16.8 Å². The number of nitrogens with one attached hydrogen (secondary N) is 1. The molecular formula is C11H16N4O4S. The van der Waals surface area contributed by atoms with E-state index in [4.69, 9.17) is 11.5 Å². The fraction of sp³-hybridized carbons (Fsp3) is 0.273. The number of hydrogen-bond donors (Lipinski definition) is 3. The van der Waals surface area contributed by atoms with Gasteiger partial charge in [0.25, 0.3) is 0 Å². The molecule has 0 aliphatic heterocycles. The van der Waals surface area contributed by atoms with Crippen LogP contribution in [0.2, 0.25) is 0 Å². The van der Waals surface area contributed by atoms with Gasteiger partial charge in [-0.1, -0.05) is 0 Å². The highest BCUT2D eigenvalue weighted by molar-refractivity contribution is 7.89. The maximum absolute atomic E-state index is 12.2. The summed E-state index contributed by atoms with van der Waals surface area (Å²) in [4.78, 5) is 22.0. The van der Waals surface area contributed by atoms with Crippen LogP contribution in [-0.2, 0) is 14.8 Å². The Morgan fingerprint density at radius 2 is 1.95 bits per heavy atom. The topological polar surface area (TPSA) is 136 Å². The number of sulfonamides is 1. The van der Waals surface area contributed by atoms with Gasteiger partial charge in [0.2, 0.25) is 21.8 Å². The highest BCUT2D eigenvalue weighted by atomic mass is 32.2. The van der Waals surface area contributed by atoms with Gasteiger partial charge in [0.15, 0.2) is 0 Å². The van der Waals surface area contributed by atoms with Gasteiger partial charge in [0.05, 0.1) is 12.2 Å². The van der Waals surface area contributed by atoms with E-state index in [1.807, 2.05) is 0 Å². The second kappa shape index (κ2) is 5.88. The zero-order chi connectivity index (χ0) is 15.5. The average molecular weight is 300 g/mol. The molecule has 1 aromatic rings. The van der Waals surface area contributed by atoms with Gasteiger partial charge in [-0.3, -0.25) is 9.59 Å². The molecule has 0 atom stereocenters. The van der Waals surface area contributed by atoms with Crippen molar-refractivity contribution in [1.29, 1.82) is 0 Å². The number of nitrogen functional groups attached to an aromatic ring is 1. The standard InChI is InChI=1S/C11H16N4O4S/c1-14-10(16)6-15(2)20(18,19)9-4-3-7(11(13)17)5-8(9)12/h3-5H,6,12H2,1-2H3,(H2,13,17)(H,14,16). The molecule has 0 unspecified atom stereocenters. The highest BCUT2D eigenvalue weighted by Crippen LogP contribution is 2.22. The van der Waals surface area contributed by atoms with E-state index in [9.17, 15) is 18.0 Å². The molecule has 0 radical (unpaired) electrons. The van der Waals surface area contributed by atoms with E-state index in [1.165, 1.54) is 32.3 Å². The number of nitrogens with zero attached hydrogens (tertiary/aromatic N) is 1. The first-order valence-corrected chi connectivity index (χ1v) is 7.00. The minimum absolute atomic E-state index is 0.106. The Labute approximate surface area is 116 Å². The number of primary amides is 1. The predicted molar refractivity (Wildman–Crippen MR) is 73.3 cm³/mol. The Hall–Kier alpha value is -2.13. The van der Waals surface area contributed by atoms with E-state index < -0.39 is 21.8 Å². The maximum Gasteiger partial charge on any atom is 0.248 e. The van der Waals surface area contributed by atoms with Crippen molar-refractivity contribution in [2.75, 3.05) is 26.4 Å². The number of amides is 2. The van der Waals surface area contributed by atoms with E-state index in [0.29, 0.717) is 0 Å². The van der Waals surface area contributed by atoms with Crippen molar-refractivity contribution in [1.82, 2.24) is 9.62 Å². The molecule has 1 aromatic carbocycles. The molecule has 5 N–H and O–H groups in total. The van der Waals surface area contributed by atoms with Crippen molar-refractivity contribution >= 4 is 27.5 Å². The molecule has 0 aliphatic rings. The molecule has 1 rings (SSSR count). The summed E-state index contributed by atoms with van der Waals surface area (Å²) in [6, 6.07) is 3.63. The van der Waals surface area contributed by atoms with Crippen molar-refractivity contribution in [3.05, 3.63) is 23.8 Å². The van der Waals surface area contributed by atoms with Gasteiger partial charge in [-0.05, 0) is 18.2 Å². The Morgan fingerprint density at radius 1 is 1.35 bits per heavy atom. The van der Waals surface area contributed by atoms with Crippen LogP contribution in [0.1, 0.15) is 10.4 Å². The monoisotopic (exact) mass is 300 g/mol. The zero-order valence-corrected chi connectivity index (χ0v) is 11.9. The molecule has 9 heteroatoms. The van der Waals surface area contributed by atoms with Crippen LogP contribution in [0.15, 0.2) is 23.1 Å². The van der Waals surface area contributed by atoms with Crippen molar-refractivity contribution in [2.45, 2.75) is 4.90 Å².